The molecule has 0 bridgehead atoms. The number of allylic oxidation sites excluding steroid dienone is 4. The molecule has 0 heterocycles. The van der Waals surface area contributed by atoms with Gasteiger partial charge >= 0.3 is 0 Å². The molecule has 0 nitrogen and oxygen atoms in total. The van der Waals surface area contributed by atoms with Crippen molar-refractivity contribution in [2.75, 3.05) is 0 Å². The van der Waals surface area contributed by atoms with Crippen molar-refractivity contribution in [2.24, 2.45) is 17.8 Å². The third kappa shape index (κ3) is 2.87. The molecule has 0 heteroatoms. The molecule has 0 aromatic heterocycles. The fourth-order valence-electron chi connectivity index (χ4n) is 2.90. The number of rotatable bonds is 5. The SMILES string of the molecule is C=C(C)C1CC(CC)C(C/C=C/CC)C1=C. The predicted octanol–water partition coefficient (Wildman–Crippen LogP) is 5.14. The van der Waals surface area contributed by atoms with Gasteiger partial charge in [-0.05, 0) is 38.0 Å². The maximum atomic E-state index is 4.32. The molecule has 3 unspecified atom stereocenters. The van der Waals surface area contributed by atoms with Crippen LogP contribution in [0.2, 0.25) is 0 Å². The van der Waals surface area contributed by atoms with E-state index in [0.29, 0.717) is 11.8 Å². The Hall–Kier alpha value is -0.780. The maximum absolute atomic E-state index is 4.32. The maximum Gasteiger partial charge on any atom is 0.000462 e. The minimum absolute atomic E-state index is 0.574. The molecule has 16 heavy (non-hydrogen) atoms. The van der Waals surface area contributed by atoms with E-state index >= 15 is 0 Å². The molecule has 1 saturated carbocycles. The molecule has 1 fully saturated rings. The summed E-state index contributed by atoms with van der Waals surface area (Å²) in [4.78, 5) is 0. The van der Waals surface area contributed by atoms with Gasteiger partial charge in [-0.15, -0.1) is 0 Å². The minimum atomic E-state index is 0.574. The van der Waals surface area contributed by atoms with E-state index in [4.69, 9.17) is 0 Å². The summed E-state index contributed by atoms with van der Waals surface area (Å²) < 4.78 is 0. The first kappa shape index (κ1) is 13.3. The highest BCUT2D eigenvalue weighted by Crippen LogP contribution is 2.46. The first-order valence-corrected chi connectivity index (χ1v) is 6.60. The van der Waals surface area contributed by atoms with E-state index in [-0.39, 0.29) is 0 Å². The molecule has 0 spiro atoms. The molecule has 0 radical (unpaired) electrons. The van der Waals surface area contributed by atoms with E-state index < -0.39 is 0 Å². The third-order valence-electron chi connectivity index (χ3n) is 3.94. The molecule has 0 N–H and O–H groups in total. The summed E-state index contributed by atoms with van der Waals surface area (Å²) in [5.41, 5.74) is 2.73. The lowest BCUT2D eigenvalue weighted by atomic mass is 9.88. The van der Waals surface area contributed by atoms with Gasteiger partial charge in [0.1, 0.15) is 0 Å². The van der Waals surface area contributed by atoms with Crippen molar-refractivity contribution in [2.45, 2.75) is 46.5 Å². The van der Waals surface area contributed by atoms with Gasteiger partial charge in [-0.25, -0.2) is 0 Å². The van der Waals surface area contributed by atoms with Crippen LogP contribution in [-0.2, 0) is 0 Å². The highest BCUT2D eigenvalue weighted by Gasteiger charge is 2.35. The second-order valence-electron chi connectivity index (χ2n) is 5.10. The Kier molecular flexibility index (Phi) is 5.05. The molecule has 3 atom stereocenters. The van der Waals surface area contributed by atoms with Crippen molar-refractivity contribution in [3.8, 4) is 0 Å². The molecule has 0 amide bonds. The molecule has 0 aromatic rings. The van der Waals surface area contributed by atoms with Gasteiger partial charge < -0.3 is 0 Å². The highest BCUT2D eigenvalue weighted by molar-refractivity contribution is 5.24. The summed E-state index contributed by atoms with van der Waals surface area (Å²) in [5, 5.41) is 0. The number of hydrogen-bond acceptors (Lipinski definition) is 0. The number of hydrogen-bond donors (Lipinski definition) is 0. The Balaban J connectivity index is 2.70. The van der Waals surface area contributed by atoms with Crippen LogP contribution >= 0.6 is 0 Å². The molecule has 0 aliphatic heterocycles. The fraction of sp³-hybridized carbons (Fsp3) is 0.625. The largest absolute Gasteiger partial charge is 0.0995 e. The molecule has 1 rings (SSSR count). The monoisotopic (exact) mass is 218 g/mol. The van der Waals surface area contributed by atoms with Crippen molar-refractivity contribution in [3.05, 3.63) is 36.5 Å². The lowest BCUT2D eigenvalue weighted by Crippen LogP contribution is -2.07. The van der Waals surface area contributed by atoms with Gasteiger partial charge in [0.25, 0.3) is 0 Å². The van der Waals surface area contributed by atoms with Crippen molar-refractivity contribution in [1.82, 2.24) is 0 Å². The molecule has 1 aliphatic rings. The molecular formula is C16H26. The van der Waals surface area contributed by atoms with Gasteiger partial charge in [0.15, 0.2) is 0 Å². The van der Waals surface area contributed by atoms with Gasteiger partial charge in [0.05, 0.1) is 0 Å². The summed E-state index contributed by atoms with van der Waals surface area (Å²) in [7, 11) is 0. The zero-order valence-corrected chi connectivity index (χ0v) is 11.1. The second kappa shape index (κ2) is 6.08. The van der Waals surface area contributed by atoms with E-state index in [1.807, 2.05) is 0 Å². The van der Waals surface area contributed by atoms with Crippen LogP contribution in [0.25, 0.3) is 0 Å². The van der Waals surface area contributed by atoms with Crippen molar-refractivity contribution < 1.29 is 0 Å². The quantitative estimate of drug-likeness (QED) is 0.561. The average molecular weight is 218 g/mol. The molecular weight excluding hydrogens is 192 g/mol. The first-order valence-electron chi connectivity index (χ1n) is 6.60. The lowest BCUT2D eigenvalue weighted by molar-refractivity contribution is 0.405. The van der Waals surface area contributed by atoms with Gasteiger partial charge in [-0.2, -0.15) is 0 Å². The fourth-order valence-corrected chi connectivity index (χ4v) is 2.90. The van der Waals surface area contributed by atoms with Crippen LogP contribution in [-0.4, -0.2) is 0 Å². The summed E-state index contributed by atoms with van der Waals surface area (Å²) in [6.45, 7) is 15.1. The minimum Gasteiger partial charge on any atom is -0.0995 e. The standard InChI is InChI=1S/C16H26/c1-6-8-9-10-15-13(5)16(12(3)4)11-14(15)7-2/h8-9,14-16H,3,5-7,10-11H2,1-2,4H3/b9-8+. The van der Waals surface area contributed by atoms with E-state index in [1.54, 1.807) is 0 Å². The van der Waals surface area contributed by atoms with Crippen molar-refractivity contribution >= 4 is 0 Å². The average Bonchev–Trinajstić information content (AvgIpc) is 2.57. The van der Waals surface area contributed by atoms with Crippen LogP contribution in [0.15, 0.2) is 36.5 Å². The zero-order valence-electron chi connectivity index (χ0n) is 11.1. The van der Waals surface area contributed by atoms with E-state index in [1.165, 1.54) is 30.4 Å². The summed E-state index contributed by atoms with van der Waals surface area (Å²) >= 11 is 0. The smallest absolute Gasteiger partial charge is 0.000462 e. The van der Waals surface area contributed by atoms with Crippen LogP contribution < -0.4 is 0 Å². The van der Waals surface area contributed by atoms with Crippen molar-refractivity contribution in [3.63, 3.8) is 0 Å². The Morgan fingerprint density at radius 1 is 1.38 bits per heavy atom. The van der Waals surface area contributed by atoms with Crippen LogP contribution in [0.4, 0.5) is 0 Å². The van der Waals surface area contributed by atoms with Gasteiger partial charge in [0, 0.05) is 5.92 Å². The normalized spacial score (nSPS) is 30.2. The second-order valence-corrected chi connectivity index (χ2v) is 5.10. The molecule has 1 aliphatic carbocycles. The summed E-state index contributed by atoms with van der Waals surface area (Å²) in [5.74, 6) is 2.08. The molecule has 0 saturated heterocycles. The lowest BCUT2D eigenvalue weighted by Gasteiger charge is -2.17. The zero-order chi connectivity index (χ0) is 12.1. The van der Waals surface area contributed by atoms with Crippen LogP contribution in [0.5, 0.6) is 0 Å². The van der Waals surface area contributed by atoms with Crippen LogP contribution in [0, 0.1) is 17.8 Å². The van der Waals surface area contributed by atoms with E-state index in [0.717, 1.165) is 12.3 Å². The van der Waals surface area contributed by atoms with Gasteiger partial charge in [0.2, 0.25) is 0 Å². The van der Waals surface area contributed by atoms with Crippen LogP contribution in [0.3, 0.4) is 0 Å². The van der Waals surface area contributed by atoms with Gasteiger partial charge in [-0.1, -0.05) is 56.7 Å². The highest BCUT2D eigenvalue weighted by atomic mass is 14.4. The first-order chi connectivity index (χ1) is 7.61. The Morgan fingerprint density at radius 2 is 2.06 bits per heavy atom. The van der Waals surface area contributed by atoms with E-state index in [9.17, 15) is 0 Å². The summed E-state index contributed by atoms with van der Waals surface area (Å²) in [6, 6.07) is 0. The summed E-state index contributed by atoms with van der Waals surface area (Å²) in [6.07, 6.45) is 9.46. The molecule has 90 valence electrons. The van der Waals surface area contributed by atoms with Crippen molar-refractivity contribution in [1.29, 1.82) is 0 Å². The molecule has 0 aromatic carbocycles. The Morgan fingerprint density at radius 3 is 2.56 bits per heavy atom. The third-order valence-corrected chi connectivity index (χ3v) is 3.94. The van der Waals surface area contributed by atoms with Crippen LogP contribution in [0.1, 0.15) is 46.5 Å². The van der Waals surface area contributed by atoms with E-state index in [2.05, 4.69) is 46.1 Å². The van der Waals surface area contributed by atoms with Gasteiger partial charge in [-0.3, -0.25) is 0 Å². The predicted molar refractivity (Wildman–Crippen MR) is 73.4 cm³/mol. The Labute approximate surface area is 101 Å². The topological polar surface area (TPSA) is 0 Å². The Bertz CT molecular complexity index is 282.